The minimum absolute atomic E-state index is 0.743. The summed E-state index contributed by atoms with van der Waals surface area (Å²) in [6, 6.07) is 5.86. The second kappa shape index (κ2) is 6.02. The van der Waals surface area contributed by atoms with E-state index in [2.05, 4.69) is 21.0 Å². The highest BCUT2D eigenvalue weighted by Gasteiger charge is 2.07. The van der Waals surface area contributed by atoms with Crippen molar-refractivity contribution in [1.29, 1.82) is 0 Å². The molecule has 0 aromatic heterocycles. The molecule has 0 amide bonds. The maximum atomic E-state index is 5.28. The third-order valence-corrected chi connectivity index (χ3v) is 3.03. The predicted molar refractivity (Wildman–Crippen MR) is 70.7 cm³/mol. The van der Waals surface area contributed by atoms with Crippen molar-refractivity contribution in [2.24, 2.45) is 5.10 Å². The smallest absolute Gasteiger partial charge is 0.127 e. The summed E-state index contributed by atoms with van der Waals surface area (Å²) >= 11 is 3.44. The Labute approximate surface area is 109 Å². The topological polar surface area (TPSA) is 34.1 Å². The van der Waals surface area contributed by atoms with Gasteiger partial charge in [0.1, 0.15) is 5.75 Å². The maximum absolute atomic E-state index is 5.28. The van der Waals surface area contributed by atoms with Crippen molar-refractivity contribution < 1.29 is 9.47 Å². The minimum Gasteiger partial charge on any atom is -0.496 e. The first kappa shape index (κ1) is 12.4. The minimum atomic E-state index is 0.743. The Morgan fingerprint density at radius 2 is 2.18 bits per heavy atom. The lowest BCUT2D eigenvalue weighted by atomic mass is 10.2. The van der Waals surface area contributed by atoms with Crippen LogP contribution in [0.1, 0.15) is 5.56 Å². The molecular formula is C12H15BrN2O2. The van der Waals surface area contributed by atoms with Crippen molar-refractivity contribution in [3.8, 4) is 5.75 Å². The summed E-state index contributed by atoms with van der Waals surface area (Å²) in [7, 11) is 1.66. The molecule has 2 rings (SSSR count). The molecule has 0 saturated carbocycles. The molecule has 1 aromatic carbocycles. The predicted octanol–water partition coefficient (Wildman–Crippen LogP) is 2.12. The van der Waals surface area contributed by atoms with Crippen molar-refractivity contribution in [2.75, 3.05) is 33.4 Å². The monoisotopic (exact) mass is 298 g/mol. The van der Waals surface area contributed by atoms with E-state index in [1.54, 1.807) is 7.11 Å². The fraction of sp³-hybridized carbons (Fsp3) is 0.417. The normalized spacial score (nSPS) is 16.5. The van der Waals surface area contributed by atoms with Crippen LogP contribution >= 0.6 is 15.9 Å². The van der Waals surface area contributed by atoms with E-state index < -0.39 is 0 Å². The number of halogens is 1. The highest BCUT2D eigenvalue weighted by atomic mass is 79.9. The number of methoxy groups -OCH3 is 1. The van der Waals surface area contributed by atoms with Crippen LogP contribution in [0.15, 0.2) is 27.8 Å². The Kier molecular flexibility index (Phi) is 4.39. The Balaban J connectivity index is 2.10. The summed E-state index contributed by atoms with van der Waals surface area (Å²) in [5.74, 6) is 0.824. The van der Waals surface area contributed by atoms with Crippen molar-refractivity contribution in [1.82, 2.24) is 5.01 Å². The van der Waals surface area contributed by atoms with Gasteiger partial charge in [-0.15, -0.1) is 0 Å². The van der Waals surface area contributed by atoms with Gasteiger partial charge in [0.25, 0.3) is 0 Å². The molecule has 4 nitrogen and oxygen atoms in total. The number of rotatable bonds is 3. The molecule has 1 aliphatic rings. The number of hydrogen-bond acceptors (Lipinski definition) is 4. The Morgan fingerprint density at radius 3 is 2.88 bits per heavy atom. The van der Waals surface area contributed by atoms with Crippen LogP contribution in [0.3, 0.4) is 0 Å². The highest BCUT2D eigenvalue weighted by Crippen LogP contribution is 2.21. The van der Waals surface area contributed by atoms with Gasteiger partial charge in [-0.1, -0.05) is 15.9 Å². The van der Waals surface area contributed by atoms with Gasteiger partial charge in [-0.3, -0.25) is 5.01 Å². The molecular weight excluding hydrogens is 284 g/mol. The lowest BCUT2D eigenvalue weighted by molar-refractivity contribution is 0.0397. The van der Waals surface area contributed by atoms with E-state index in [9.17, 15) is 0 Å². The van der Waals surface area contributed by atoms with Crippen LogP contribution in [0, 0.1) is 0 Å². The van der Waals surface area contributed by atoms with Crippen LogP contribution in [0.2, 0.25) is 0 Å². The van der Waals surface area contributed by atoms with E-state index >= 15 is 0 Å². The number of morpholine rings is 1. The van der Waals surface area contributed by atoms with Gasteiger partial charge < -0.3 is 9.47 Å². The molecule has 0 bridgehead atoms. The highest BCUT2D eigenvalue weighted by molar-refractivity contribution is 9.10. The van der Waals surface area contributed by atoms with Crippen LogP contribution in [-0.2, 0) is 4.74 Å². The van der Waals surface area contributed by atoms with Crippen molar-refractivity contribution in [2.45, 2.75) is 0 Å². The van der Waals surface area contributed by atoms with Gasteiger partial charge in [0.2, 0.25) is 0 Å². The molecule has 0 atom stereocenters. The molecule has 0 unspecified atom stereocenters. The summed E-state index contributed by atoms with van der Waals surface area (Å²) < 4.78 is 11.6. The molecule has 1 saturated heterocycles. The fourth-order valence-corrected chi connectivity index (χ4v) is 2.00. The van der Waals surface area contributed by atoms with Crippen LogP contribution in [0.5, 0.6) is 5.75 Å². The summed E-state index contributed by atoms with van der Waals surface area (Å²) in [5.41, 5.74) is 0.966. The fourth-order valence-electron chi connectivity index (χ4n) is 1.62. The molecule has 1 heterocycles. The van der Waals surface area contributed by atoms with Crippen LogP contribution in [0.25, 0.3) is 0 Å². The summed E-state index contributed by atoms with van der Waals surface area (Å²) in [5, 5.41) is 6.43. The standard InChI is InChI=1S/C12H15BrN2O2/c1-16-12-3-2-11(13)8-10(12)9-14-15-4-6-17-7-5-15/h2-3,8-9H,4-7H2,1H3/b14-9-. The van der Waals surface area contributed by atoms with Crippen molar-refractivity contribution >= 4 is 22.1 Å². The van der Waals surface area contributed by atoms with Crippen LogP contribution in [0.4, 0.5) is 0 Å². The first-order valence-electron chi connectivity index (χ1n) is 5.50. The van der Waals surface area contributed by atoms with Gasteiger partial charge in [0.15, 0.2) is 0 Å². The molecule has 5 heteroatoms. The van der Waals surface area contributed by atoms with Crippen LogP contribution in [-0.4, -0.2) is 44.6 Å². The van der Waals surface area contributed by atoms with Gasteiger partial charge in [-0.2, -0.15) is 5.10 Å². The van der Waals surface area contributed by atoms with Gasteiger partial charge in [-0.05, 0) is 18.2 Å². The van der Waals surface area contributed by atoms with Crippen molar-refractivity contribution in [3.63, 3.8) is 0 Å². The van der Waals surface area contributed by atoms with Gasteiger partial charge in [0, 0.05) is 10.0 Å². The second-order valence-corrected chi connectivity index (χ2v) is 4.61. The molecule has 0 spiro atoms. The Morgan fingerprint density at radius 1 is 1.41 bits per heavy atom. The number of nitrogens with zero attached hydrogens (tertiary/aromatic N) is 2. The first-order chi connectivity index (χ1) is 8.29. The zero-order valence-corrected chi connectivity index (χ0v) is 11.3. The third-order valence-electron chi connectivity index (χ3n) is 2.54. The number of benzene rings is 1. The molecule has 0 radical (unpaired) electrons. The molecule has 1 aliphatic heterocycles. The maximum Gasteiger partial charge on any atom is 0.127 e. The van der Waals surface area contributed by atoms with Gasteiger partial charge in [0.05, 0.1) is 39.6 Å². The largest absolute Gasteiger partial charge is 0.496 e. The van der Waals surface area contributed by atoms with Gasteiger partial charge in [-0.25, -0.2) is 0 Å². The van der Waals surface area contributed by atoms with E-state index in [0.717, 1.165) is 42.1 Å². The zero-order valence-electron chi connectivity index (χ0n) is 9.73. The molecule has 17 heavy (non-hydrogen) atoms. The molecule has 0 aliphatic carbocycles. The summed E-state index contributed by atoms with van der Waals surface area (Å²) in [6.07, 6.45) is 1.83. The van der Waals surface area contributed by atoms with E-state index in [-0.39, 0.29) is 0 Å². The summed E-state index contributed by atoms with van der Waals surface area (Å²) in [4.78, 5) is 0. The molecule has 1 aromatic rings. The average Bonchev–Trinajstić information content (AvgIpc) is 2.38. The SMILES string of the molecule is COc1ccc(Br)cc1/C=N\N1CCOCC1. The van der Waals surface area contributed by atoms with E-state index in [4.69, 9.17) is 9.47 Å². The first-order valence-corrected chi connectivity index (χ1v) is 6.29. The lowest BCUT2D eigenvalue weighted by Crippen LogP contribution is -2.32. The third kappa shape index (κ3) is 3.44. The van der Waals surface area contributed by atoms with E-state index in [0.29, 0.717) is 0 Å². The Hall–Kier alpha value is -1.07. The Bertz CT molecular complexity index is 403. The zero-order chi connectivity index (χ0) is 12.1. The molecule has 92 valence electrons. The summed E-state index contributed by atoms with van der Waals surface area (Å²) in [6.45, 7) is 3.17. The average molecular weight is 299 g/mol. The number of hydrazone groups is 1. The molecule has 0 N–H and O–H groups in total. The molecule has 1 fully saturated rings. The van der Waals surface area contributed by atoms with E-state index in [1.807, 2.05) is 29.4 Å². The van der Waals surface area contributed by atoms with E-state index in [1.165, 1.54) is 0 Å². The lowest BCUT2D eigenvalue weighted by Gasteiger charge is -2.23. The number of hydrogen-bond donors (Lipinski definition) is 0. The number of ether oxygens (including phenoxy) is 2. The quantitative estimate of drug-likeness (QED) is 0.802. The van der Waals surface area contributed by atoms with Crippen LogP contribution < -0.4 is 4.74 Å². The van der Waals surface area contributed by atoms with Gasteiger partial charge >= 0.3 is 0 Å². The van der Waals surface area contributed by atoms with Crippen molar-refractivity contribution in [3.05, 3.63) is 28.2 Å². The second-order valence-electron chi connectivity index (χ2n) is 3.70.